The molecule has 0 spiro atoms. The second-order valence-electron chi connectivity index (χ2n) is 16.6. The van der Waals surface area contributed by atoms with Crippen LogP contribution in [0.1, 0.15) is 138 Å². The lowest BCUT2D eigenvalue weighted by Crippen LogP contribution is -2.62. The van der Waals surface area contributed by atoms with Crippen LogP contribution >= 0.6 is 0 Å². The normalized spacial score (nSPS) is 21.4. The van der Waals surface area contributed by atoms with Crippen molar-refractivity contribution in [2.24, 2.45) is 29.1 Å². The number of carbonyl (C=O) groups is 6. The molecule has 0 bridgehead atoms. The van der Waals surface area contributed by atoms with Gasteiger partial charge in [-0.25, -0.2) is 4.79 Å². The number of likely N-dealkylation sites (tertiary alicyclic amines) is 1. The van der Waals surface area contributed by atoms with Gasteiger partial charge in [-0.3, -0.25) is 24.0 Å². The average Bonchev–Trinajstić information content (AvgIpc) is 3.85. The lowest BCUT2D eigenvalue weighted by atomic mass is 9.81. The molecule has 3 rings (SSSR count). The fourth-order valence-corrected chi connectivity index (χ4v) is 7.80. The number of urea groups is 1. The lowest BCUT2D eigenvalue weighted by molar-refractivity contribution is -0.144. The minimum Gasteiger partial charge on any atom is -0.346 e. The van der Waals surface area contributed by atoms with Gasteiger partial charge in [0.25, 0.3) is 5.91 Å². The van der Waals surface area contributed by atoms with Gasteiger partial charge in [0.1, 0.15) is 12.1 Å². The number of rotatable bonds is 20. The summed E-state index contributed by atoms with van der Waals surface area (Å²) in [5.41, 5.74) is -0.717. The van der Waals surface area contributed by atoms with Gasteiger partial charge in [-0.05, 0) is 61.7 Å². The molecule has 4 N–H and O–H groups in total. The summed E-state index contributed by atoms with van der Waals surface area (Å²) in [6, 6.07) is -4.01. The molecule has 0 radical (unpaired) electrons. The lowest BCUT2D eigenvalue weighted by Gasteiger charge is -2.37. The molecule has 2 aliphatic carbocycles. The number of carbonyl (C=O) groups excluding carboxylic acids is 6. The number of hydrogen-bond acceptors (Lipinski definition) is 6. The minimum atomic E-state index is -1.03. The minimum absolute atomic E-state index is 0.000985. The van der Waals surface area contributed by atoms with Crippen molar-refractivity contribution < 1.29 is 28.8 Å². The highest BCUT2D eigenvalue weighted by Gasteiger charge is 2.48. The van der Waals surface area contributed by atoms with Crippen LogP contribution in [0.2, 0.25) is 0 Å². The van der Waals surface area contributed by atoms with E-state index >= 15 is 0 Å². The molecular formula is C40H67N5O6. The van der Waals surface area contributed by atoms with Crippen molar-refractivity contribution >= 4 is 35.3 Å². The first-order chi connectivity index (χ1) is 24.2. The summed E-state index contributed by atoms with van der Waals surface area (Å²) in [5, 5.41) is 11.3. The molecule has 11 nitrogen and oxygen atoms in total. The molecule has 1 heterocycles. The van der Waals surface area contributed by atoms with Crippen molar-refractivity contribution in [2.75, 3.05) is 13.1 Å². The summed E-state index contributed by atoms with van der Waals surface area (Å²) in [7, 11) is 0. The maximum atomic E-state index is 14.5. The topological polar surface area (TPSA) is 154 Å². The third kappa shape index (κ3) is 12.4. The standard InChI is InChI=1S/C40H67N5O6/c1-8-10-11-12-13-17-20-30(34(47)37(49)41-24-9-2)42-36(48)32-29(26(3)4)23-25-45(32)38(50)35(40(5,6)7)44-39(51)43-31(33(46)28-21-22-28)27-18-15-14-16-19-27/h9,26-32,35H,2,8,10-25H2,1,3-7H3,(H,41,49)(H,42,48)(H2,43,44,51)/t29-,30?,31+,32+,35-/m1/s1. The summed E-state index contributed by atoms with van der Waals surface area (Å²) in [6.07, 6.45) is 15.0. The SMILES string of the molecule is C=CCNC(=O)C(=O)C(CCCCCCCC)NC(=O)[C@@H]1[C@@H](C(C)C)CCN1C(=O)[C@@H](NC(=O)N[C@H](C(=O)C1CC1)C1CCCCC1)C(C)(C)C. The van der Waals surface area contributed by atoms with E-state index in [-0.39, 0.29) is 41.9 Å². The Morgan fingerprint density at radius 2 is 1.49 bits per heavy atom. The van der Waals surface area contributed by atoms with Crippen LogP contribution in [-0.2, 0) is 24.0 Å². The zero-order valence-corrected chi connectivity index (χ0v) is 32.3. The fraction of sp³-hybridized carbons (Fsp3) is 0.800. The number of nitrogens with one attached hydrogen (secondary N) is 4. The van der Waals surface area contributed by atoms with E-state index in [9.17, 15) is 28.8 Å². The van der Waals surface area contributed by atoms with Crippen molar-refractivity contribution in [1.82, 2.24) is 26.2 Å². The molecule has 3 aliphatic rings. The first-order valence-corrected chi connectivity index (χ1v) is 19.9. The van der Waals surface area contributed by atoms with Crippen molar-refractivity contribution in [3.63, 3.8) is 0 Å². The van der Waals surface area contributed by atoms with E-state index in [1.54, 1.807) is 4.90 Å². The molecular weight excluding hydrogens is 646 g/mol. The Kier molecular flexibility index (Phi) is 16.6. The monoisotopic (exact) mass is 714 g/mol. The van der Waals surface area contributed by atoms with Crippen molar-refractivity contribution in [1.29, 1.82) is 0 Å². The van der Waals surface area contributed by atoms with Gasteiger partial charge in [0.15, 0.2) is 5.78 Å². The molecule has 288 valence electrons. The molecule has 0 aromatic rings. The maximum absolute atomic E-state index is 14.5. The Morgan fingerprint density at radius 1 is 0.843 bits per heavy atom. The number of unbranched alkanes of at least 4 members (excludes halogenated alkanes) is 5. The van der Waals surface area contributed by atoms with Gasteiger partial charge in [0.2, 0.25) is 17.6 Å². The Bertz CT molecular complexity index is 1220. The number of ketones is 2. The van der Waals surface area contributed by atoms with E-state index in [0.29, 0.717) is 25.8 Å². The van der Waals surface area contributed by atoms with Gasteiger partial charge in [-0.1, -0.05) is 105 Å². The van der Waals surface area contributed by atoms with Crippen LogP contribution in [0.4, 0.5) is 4.79 Å². The first kappa shape index (κ1) is 42.2. The molecule has 2 saturated carbocycles. The Balaban J connectivity index is 1.80. The van der Waals surface area contributed by atoms with Gasteiger partial charge in [-0.15, -0.1) is 6.58 Å². The van der Waals surface area contributed by atoms with Gasteiger partial charge in [0.05, 0.1) is 12.1 Å². The van der Waals surface area contributed by atoms with Crippen LogP contribution < -0.4 is 21.3 Å². The van der Waals surface area contributed by atoms with Crippen molar-refractivity contribution in [3.8, 4) is 0 Å². The average molecular weight is 714 g/mol. The van der Waals surface area contributed by atoms with Crippen LogP contribution in [0, 0.1) is 29.1 Å². The maximum Gasteiger partial charge on any atom is 0.316 e. The first-order valence-electron chi connectivity index (χ1n) is 19.9. The van der Waals surface area contributed by atoms with Crippen molar-refractivity contribution in [2.45, 2.75) is 162 Å². The molecule has 1 unspecified atom stereocenters. The Hall–Kier alpha value is -3.24. The Labute approximate surface area is 306 Å². The van der Waals surface area contributed by atoms with E-state index < -0.39 is 53.2 Å². The second kappa shape index (κ2) is 20.1. The van der Waals surface area contributed by atoms with Gasteiger partial charge < -0.3 is 26.2 Å². The predicted octanol–water partition coefficient (Wildman–Crippen LogP) is 5.61. The number of hydrogen-bond donors (Lipinski definition) is 4. The number of Topliss-reactive ketones (excluding diaryl/α,β-unsaturated/α-hetero) is 2. The molecule has 3 fully saturated rings. The molecule has 0 aromatic heterocycles. The molecule has 1 aliphatic heterocycles. The van der Waals surface area contributed by atoms with Gasteiger partial charge in [-0.2, -0.15) is 0 Å². The fourth-order valence-electron chi connectivity index (χ4n) is 7.80. The highest BCUT2D eigenvalue weighted by atomic mass is 16.2. The highest BCUT2D eigenvalue weighted by molar-refractivity contribution is 6.38. The van der Waals surface area contributed by atoms with Crippen LogP contribution in [0.3, 0.4) is 0 Å². The summed E-state index contributed by atoms with van der Waals surface area (Å²) < 4.78 is 0. The zero-order chi connectivity index (χ0) is 37.7. The summed E-state index contributed by atoms with van der Waals surface area (Å²) in [4.78, 5) is 83.3. The third-order valence-electron chi connectivity index (χ3n) is 11.0. The predicted molar refractivity (Wildman–Crippen MR) is 200 cm³/mol. The highest BCUT2D eigenvalue weighted by Crippen LogP contribution is 2.36. The third-order valence-corrected chi connectivity index (χ3v) is 11.0. The summed E-state index contributed by atoms with van der Waals surface area (Å²) in [6.45, 7) is 15.8. The van der Waals surface area contributed by atoms with Crippen molar-refractivity contribution in [3.05, 3.63) is 12.7 Å². The smallest absolute Gasteiger partial charge is 0.316 e. The van der Waals surface area contributed by atoms with E-state index in [1.165, 1.54) is 6.08 Å². The van der Waals surface area contributed by atoms with E-state index in [1.807, 2.05) is 34.6 Å². The summed E-state index contributed by atoms with van der Waals surface area (Å²) in [5.74, 6) is -2.29. The molecule has 5 atom stereocenters. The molecule has 0 aromatic carbocycles. The van der Waals surface area contributed by atoms with Gasteiger partial charge >= 0.3 is 6.03 Å². The molecule has 5 amide bonds. The quantitative estimate of drug-likeness (QED) is 0.0731. The van der Waals surface area contributed by atoms with E-state index in [4.69, 9.17) is 0 Å². The largest absolute Gasteiger partial charge is 0.346 e. The van der Waals surface area contributed by atoms with Crippen LogP contribution in [0.15, 0.2) is 12.7 Å². The molecule has 1 saturated heterocycles. The number of nitrogens with zero attached hydrogens (tertiary/aromatic N) is 1. The molecule has 51 heavy (non-hydrogen) atoms. The van der Waals surface area contributed by atoms with E-state index in [2.05, 4.69) is 34.8 Å². The zero-order valence-electron chi connectivity index (χ0n) is 32.3. The van der Waals surface area contributed by atoms with Crippen LogP contribution in [0.5, 0.6) is 0 Å². The number of amides is 5. The summed E-state index contributed by atoms with van der Waals surface area (Å²) >= 11 is 0. The van der Waals surface area contributed by atoms with E-state index in [0.717, 1.165) is 77.0 Å². The van der Waals surface area contributed by atoms with Crippen LogP contribution in [-0.4, -0.2) is 77.5 Å². The van der Waals surface area contributed by atoms with Crippen LogP contribution in [0.25, 0.3) is 0 Å². The Morgan fingerprint density at radius 3 is 2.08 bits per heavy atom. The second-order valence-corrected chi connectivity index (χ2v) is 16.6. The molecule has 11 heteroatoms. The van der Waals surface area contributed by atoms with Gasteiger partial charge in [0, 0.05) is 19.0 Å².